The van der Waals surface area contributed by atoms with Gasteiger partial charge < -0.3 is 0 Å². The highest BCUT2D eigenvalue weighted by Crippen LogP contribution is 2.30. The van der Waals surface area contributed by atoms with Gasteiger partial charge in [-0.25, -0.2) is 0 Å². The SMILES string of the molecule is II=II. The van der Waals surface area contributed by atoms with Gasteiger partial charge in [0.1, 0.15) is 0 Å². The average Bonchev–Trinajstić information content (AvgIpc) is 1.37. The summed E-state index contributed by atoms with van der Waals surface area (Å²) in [5.41, 5.74) is 0. The van der Waals surface area contributed by atoms with Crippen molar-refractivity contribution in [1.29, 1.82) is 0 Å². The van der Waals surface area contributed by atoms with E-state index in [1.165, 1.54) is 0 Å². The van der Waals surface area contributed by atoms with Crippen LogP contribution in [0.3, 0.4) is 0 Å². The van der Waals surface area contributed by atoms with Gasteiger partial charge in [-0.2, -0.15) is 0 Å². The topological polar surface area (TPSA) is 0 Å². The van der Waals surface area contributed by atoms with Crippen LogP contribution in [-0.4, -0.2) is 0 Å². The summed E-state index contributed by atoms with van der Waals surface area (Å²) in [6, 6.07) is 0. The lowest BCUT2D eigenvalue weighted by Crippen LogP contribution is -0.528. The molecule has 0 spiro atoms. The predicted octanol–water partition coefficient (Wildman–Crippen LogP) is 3.54. The molecule has 0 nitrogen and oxygen atoms in total. The third-order valence-electron chi connectivity index (χ3n) is 0.0204. The maximum Gasteiger partial charge on any atom is 0 e. The van der Waals surface area contributed by atoms with Crippen molar-refractivity contribution in [1.82, 2.24) is 0 Å². The van der Waals surface area contributed by atoms with Crippen LogP contribution in [0.15, 0.2) is 0 Å². The van der Waals surface area contributed by atoms with Crippen LogP contribution in [0.2, 0.25) is 0 Å². The zero-order chi connectivity index (χ0) is 3.41. The fourth-order valence-electron chi connectivity index (χ4n) is 0. The third-order valence-corrected chi connectivity index (χ3v) is 41.3. The van der Waals surface area contributed by atoms with Gasteiger partial charge in [-0.05, 0) is 0 Å². The van der Waals surface area contributed by atoms with E-state index in [4.69, 9.17) is 0 Å². The summed E-state index contributed by atoms with van der Waals surface area (Å²) in [6.45, 7) is 0. The van der Waals surface area contributed by atoms with Crippen LogP contribution in [0.4, 0.5) is 0 Å². The van der Waals surface area contributed by atoms with Crippen molar-refractivity contribution in [2.45, 2.75) is 0 Å². The lowest BCUT2D eigenvalue weighted by atomic mass is 125. The first kappa shape index (κ1) is 6.92. The van der Waals surface area contributed by atoms with Gasteiger partial charge in [0.05, 0.1) is 0 Å². The van der Waals surface area contributed by atoms with Crippen LogP contribution in [0.25, 0.3) is 0 Å². The van der Waals surface area contributed by atoms with Crippen molar-refractivity contribution >= 4 is 62.5 Å². The highest BCUT2D eigenvalue weighted by atomic mass is 128. The van der Waals surface area contributed by atoms with Gasteiger partial charge in [0, 0.05) is 62.5 Å². The van der Waals surface area contributed by atoms with Gasteiger partial charge in [0.15, 0.2) is 0 Å². The fourth-order valence-corrected chi connectivity index (χ4v) is 0. The molecule has 0 aromatic rings. The minimum absolute atomic E-state index is 0.677. The third kappa shape index (κ3) is 4.92. The van der Waals surface area contributed by atoms with E-state index in [0.717, 1.165) is 0 Å². The number of rotatable bonds is 0. The van der Waals surface area contributed by atoms with E-state index in [2.05, 4.69) is 37.2 Å². The Kier molecular flexibility index (Phi) is 10.2. The molecule has 0 heterocycles. The van der Waals surface area contributed by atoms with Crippen LogP contribution < -0.4 is 0 Å². The quantitative estimate of drug-likeness (QED) is 0.440. The summed E-state index contributed by atoms with van der Waals surface area (Å²) in [5, 5.41) is 0. The molecule has 0 aliphatic carbocycles. The molecule has 0 amide bonds. The molecule has 0 saturated carbocycles. The lowest BCUT2D eigenvalue weighted by molar-refractivity contribution is 12.6. The lowest BCUT2D eigenvalue weighted by Gasteiger charge is -1.41. The smallest absolute Gasteiger partial charge is 0 e. The molecule has 0 aromatic heterocycles. The maximum absolute atomic E-state index is 2.50. The molecule has 28 valence electrons. The van der Waals surface area contributed by atoms with Crippen molar-refractivity contribution in [3.05, 3.63) is 0 Å². The molecule has 0 rings (SSSR count). The molecule has 0 aromatic carbocycles. The second-order valence-corrected chi connectivity index (χ2v) is 32.6. The molecule has 4 heteroatoms. The highest BCUT2D eigenvalue weighted by molar-refractivity contribution is 15.4. The summed E-state index contributed by atoms with van der Waals surface area (Å²) in [7, 11) is 0. The molecule has 0 saturated heterocycles. The average molecular weight is 508 g/mol. The molecule has 0 N–H and O–H groups in total. The second-order valence-electron chi connectivity index (χ2n) is 0.108. The summed E-state index contributed by atoms with van der Waals surface area (Å²) in [5.74, 6) is 0. The van der Waals surface area contributed by atoms with Crippen LogP contribution in [0.1, 0.15) is 0 Å². The first-order chi connectivity index (χ1) is 1.91. The molecule has 0 aliphatic heterocycles. The molecule has 0 aliphatic rings. The van der Waals surface area contributed by atoms with Crippen LogP contribution in [0.5, 0.6) is 0 Å². The van der Waals surface area contributed by atoms with Crippen molar-refractivity contribution in [2.75, 3.05) is 0 Å². The zero-order valence-corrected chi connectivity index (χ0v) is 10.1. The van der Waals surface area contributed by atoms with Crippen molar-refractivity contribution in [3.8, 4) is 0 Å². The van der Waals surface area contributed by atoms with Crippen LogP contribution in [0, 0.1) is 0 Å². The monoisotopic (exact) mass is 508 g/mol. The summed E-state index contributed by atoms with van der Waals surface area (Å²) in [6.07, 6.45) is 0. The Morgan fingerprint density at radius 3 is 1.25 bits per heavy atom. The number of halogens is 4. The fraction of sp³-hybridized carbons (Fsp3) is 0. The Labute approximate surface area is 60.5 Å². The summed E-state index contributed by atoms with van der Waals surface area (Å²) < 4.78 is 0. The van der Waals surface area contributed by atoms with Crippen LogP contribution in [-0.2, 0) is 0 Å². The molecule has 4 heavy (non-hydrogen) atoms. The Hall–Kier alpha value is 2.92. The van der Waals surface area contributed by atoms with E-state index in [1.54, 1.807) is 0 Å². The molecular weight excluding hydrogens is 508 g/mol. The normalized spacial score (nSPS) is 13.5. The summed E-state index contributed by atoms with van der Waals surface area (Å²) >= 11 is 6.36. The molecule has 0 atom stereocenters. The molecule has 0 unspecified atom stereocenters. The maximum atomic E-state index is 2.50. The van der Waals surface area contributed by atoms with E-state index in [1.807, 2.05) is 0 Å². The summed E-state index contributed by atoms with van der Waals surface area (Å²) in [4.78, 5) is 0. The minimum Gasteiger partial charge on any atom is 0 e. The Morgan fingerprint density at radius 1 is 1.00 bits per heavy atom. The van der Waals surface area contributed by atoms with Gasteiger partial charge in [-0.3, -0.25) is 0 Å². The van der Waals surface area contributed by atoms with E-state index in [9.17, 15) is 0 Å². The van der Waals surface area contributed by atoms with E-state index >= 15 is 0 Å². The van der Waals surface area contributed by atoms with Gasteiger partial charge in [-0.1, -0.05) is 0 Å². The van der Waals surface area contributed by atoms with Crippen molar-refractivity contribution in [3.63, 3.8) is 0 Å². The van der Waals surface area contributed by atoms with Crippen LogP contribution >= 0.6 is 62.5 Å². The standard InChI is InChI=1S/I4/c1-3-4-2. The largest absolute Gasteiger partial charge is 0 e. The van der Waals surface area contributed by atoms with Crippen molar-refractivity contribution < 1.29 is 0 Å². The van der Waals surface area contributed by atoms with E-state index in [-0.39, 0.29) is 0 Å². The van der Waals surface area contributed by atoms with Gasteiger partial charge in [0.25, 0.3) is 0 Å². The Bertz CT molecular complexity index is 15.2. The number of hydrogen-bond acceptors (Lipinski definition) is 0. The zero-order valence-electron chi connectivity index (χ0n) is 1.51. The number of hydrogen-bond donors (Lipinski definition) is 0. The van der Waals surface area contributed by atoms with Crippen molar-refractivity contribution in [2.24, 2.45) is 0 Å². The molecule has 0 radical (unpaired) electrons. The highest BCUT2D eigenvalue weighted by Gasteiger charge is 1.42. The molecular formula is I4. The van der Waals surface area contributed by atoms with E-state index < -0.39 is 0 Å². The minimum atomic E-state index is 0.677. The van der Waals surface area contributed by atoms with E-state index in [0.29, 0.717) is 25.2 Å². The first-order valence-electron chi connectivity index (χ1n) is 0.429. The molecule has 0 fully saturated rings. The molecule has 0 bridgehead atoms. The predicted molar refractivity (Wildman–Crippen MR) is 56.1 cm³/mol. The first-order valence-corrected chi connectivity index (χ1v) is 19.3. The second kappa shape index (κ2) is 5.92. The van der Waals surface area contributed by atoms with Gasteiger partial charge in [-0.15, -0.1) is 0 Å². The van der Waals surface area contributed by atoms with Gasteiger partial charge >= 0.3 is 0 Å². The van der Waals surface area contributed by atoms with Gasteiger partial charge in [0.2, 0.25) is 0 Å². The Morgan fingerprint density at radius 2 is 1.25 bits per heavy atom. The Balaban J connectivity index is 2.55.